The molecule has 3 aromatic rings. The van der Waals surface area contributed by atoms with E-state index in [2.05, 4.69) is 31.1 Å². The molecule has 118 valence electrons. The number of nitrogens with one attached hydrogen (secondary N) is 1. The summed E-state index contributed by atoms with van der Waals surface area (Å²) in [6.45, 7) is 6.40. The van der Waals surface area contributed by atoms with Gasteiger partial charge in [0, 0.05) is 12.6 Å². The van der Waals surface area contributed by atoms with Crippen molar-refractivity contribution in [3.8, 4) is 0 Å². The Hall–Kier alpha value is -2.62. The molecule has 1 aromatic heterocycles. The van der Waals surface area contributed by atoms with E-state index in [0.29, 0.717) is 11.5 Å². The Bertz CT molecular complexity index is 872. The van der Waals surface area contributed by atoms with Crippen LogP contribution in [0.25, 0.3) is 11.0 Å². The first-order valence-electron chi connectivity index (χ1n) is 7.69. The number of para-hydroxylation sites is 2. The minimum Gasteiger partial charge on any atom is -0.313 e. The normalized spacial score (nSPS) is 11.7. The Morgan fingerprint density at radius 1 is 1.09 bits per heavy atom. The second-order valence-electron chi connectivity index (χ2n) is 6.77. The van der Waals surface area contributed by atoms with E-state index >= 15 is 0 Å². The van der Waals surface area contributed by atoms with Gasteiger partial charge in [0.2, 0.25) is 5.95 Å². The van der Waals surface area contributed by atoms with Gasteiger partial charge in [-0.3, -0.25) is 10.1 Å². The molecule has 0 unspecified atom stereocenters. The minimum atomic E-state index is -0.144. The second-order valence-corrected chi connectivity index (χ2v) is 6.77. The monoisotopic (exact) mass is 307 g/mol. The summed E-state index contributed by atoms with van der Waals surface area (Å²) < 4.78 is 1.89. The fourth-order valence-corrected chi connectivity index (χ4v) is 2.56. The highest BCUT2D eigenvalue weighted by Gasteiger charge is 2.17. The predicted octanol–water partition coefficient (Wildman–Crippen LogP) is 4.12. The van der Waals surface area contributed by atoms with Gasteiger partial charge in [-0.1, -0.05) is 45.0 Å². The maximum Gasteiger partial charge on any atom is 0.257 e. The lowest BCUT2D eigenvalue weighted by atomic mass is 9.86. The zero-order valence-electron chi connectivity index (χ0n) is 13.9. The number of rotatable bonds is 2. The number of carbonyl (C=O) groups is 1. The van der Waals surface area contributed by atoms with Gasteiger partial charge in [0.25, 0.3) is 5.91 Å². The number of aryl methyl sites for hydroxylation is 1. The molecule has 0 saturated heterocycles. The molecule has 4 nitrogen and oxygen atoms in total. The van der Waals surface area contributed by atoms with Gasteiger partial charge < -0.3 is 4.57 Å². The van der Waals surface area contributed by atoms with Crippen LogP contribution in [-0.2, 0) is 12.5 Å². The summed E-state index contributed by atoms with van der Waals surface area (Å²) in [5.41, 5.74) is 3.65. The van der Waals surface area contributed by atoms with Gasteiger partial charge >= 0.3 is 0 Å². The number of fused-ring (bicyclic) bond motifs is 1. The Labute approximate surface area is 136 Å². The van der Waals surface area contributed by atoms with Crippen LogP contribution < -0.4 is 5.32 Å². The quantitative estimate of drug-likeness (QED) is 0.774. The maximum atomic E-state index is 12.6. The van der Waals surface area contributed by atoms with Gasteiger partial charge in [0.1, 0.15) is 0 Å². The third kappa shape index (κ3) is 2.97. The molecule has 2 aromatic carbocycles. The van der Waals surface area contributed by atoms with Crippen molar-refractivity contribution in [1.29, 1.82) is 0 Å². The first kappa shape index (κ1) is 15.3. The molecule has 0 atom stereocenters. The topological polar surface area (TPSA) is 46.9 Å². The van der Waals surface area contributed by atoms with Gasteiger partial charge in [-0.05, 0) is 35.2 Å². The molecule has 0 fully saturated rings. The summed E-state index contributed by atoms with van der Waals surface area (Å²) in [6, 6.07) is 15.6. The number of nitrogens with zero attached hydrogens (tertiary/aromatic N) is 2. The van der Waals surface area contributed by atoms with E-state index in [4.69, 9.17) is 0 Å². The van der Waals surface area contributed by atoms with Crippen LogP contribution in [0.1, 0.15) is 36.7 Å². The minimum absolute atomic E-state index is 0.00813. The number of carbonyl (C=O) groups excluding carboxylic acids is 1. The van der Waals surface area contributed by atoms with Crippen LogP contribution in [0.5, 0.6) is 0 Å². The highest BCUT2D eigenvalue weighted by Crippen LogP contribution is 2.23. The van der Waals surface area contributed by atoms with E-state index in [9.17, 15) is 4.79 Å². The maximum absolute atomic E-state index is 12.6. The van der Waals surface area contributed by atoms with Crippen molar-refractivity contribution in [1.82, 2.24) is 9.55 Å². The van der Waals surface area contributed by atoms with Crippen molar-refractivity contribution < 1.29 is 4.79 Å². The molecule has 23 heavy (non-hydrogen) atoms. The van der Waals surface area contributed by atoms with E-state index in [0.717, 1.165) is 16.6 Å². The molecule has 1 amide bonds. The van der Waals surface area contributed by atoms with Crippen molar-refractivity contribution in [2.24, 2.45) is 7.05 Å². The molecule has 0 aliphatic heterocycles. The highest BCUT2D eigenvalue weighted by atomic mass is 16.1. The molecule has 3 rings (SSSR count). The van der Waals surface area contributed by atoms with E-state index in [-0.39, 0.29) is 11.3 Å². The van der Waals surface area contributed by atoms with Gasteiger partial charge in [-0.25, -0.2) is 4.98 Å². The molecule has 0 aliphatic rings. The van der Waals surface area contributed by atoms with E-state index < -0.39 is 0 Å². The van der Waals surface area contributed by atoms with Crippen LogP contribution in [0, 0.1) is 0 Å². The van der Waals surface area contributed by atoms with Crippen LogP contribution >= 0.6 is 0 Å². The van der Waals surface area contributed by atoms with Gasteiger partial charge in [-0.2, -0.15) is 0 Å². The van der Waals surface area contributed by atoms with E-state index in [1.54, 1.807) is 0 Å². The Balaban J connectivity index is 1.90. The molecule has 0 saturated carbocycles. The molecule has 0 bridgehead atoms. The van der Waals surface area contributed by atoms with Crippen molar-refractivity contribution in [3.05, 3.63) is 59.7 Å². The molecule has 0 aliphatic carbocycles. The number of hydrogen-bond acceptors (Lipinski definition) is 2. The molecular weight excluding hydrogens is 286 g/mol. The molecular formula is C19H21N3O. The van der Waals surface area contributed by atoms with Crippen molar-refractivity contribution in [3.63, 3.8) is 0 Å². The fraction of sp³-hybridized carbons (Fsp3) is 0.263. The summed E-state index contributed by atoms with van der Waals surface area (Å²) in [4.78, 5) is 17.0. The van der Waals surface area contributed by atoms with Gasteiger partial charge in [0.05, 0.1) is 11.0 Å². The third-order valence-electron chi connectivity index (χ3n) is 4.00. The van der Waals surface area contributed by atoms with Crippen molar-refractivity contribution in [2.45, 2.75) is 26.2 Å². The summed E-state index contributed by atoms with van der Waals surface area (Å²) in [6.07, 6.45) is 0. The van der Waals surface area contributed by atoms with Crippen LogP contribution in [0.2, 0.25) is 0 Å². The van der Waals surface area contributed by atoms with Gasteiger partial charge in [0.15, 0.2) is 0 Å². The Morgan fingerprint density at radius 2 is 1.83 bits per heavy atom. The van der Waals surface area contributed by atoms with Crippen LogP contribution in [-0.4, -0.2) is 15.5 Å². The number of hydrogen-bond donors (Lipinski definition) is 1. The Kier molecular flexibility index (Phi) is 3.68. The summed E-state index contributed by atoms with van der Waals surface area (Å²) in [5.74, 6) is 0.409. The third-order valence-corrected chi connectivity index (χ3v) is 4.00. The zero-order valence-corrected chi connectivity index (χ0v) is 13.9. The lowest BCUT2D eigenvalue weighted by molar-refractivity contribution is 0.102. The van der Waals surface area contributed by atoms with Crippen LogP contribution in [0.15, 0.2) is 48.5 Å². The largest absolute Gasteiger partial charge is 0.313 e. The number of anilines is 1. The summed E-state index contributed by atoms with van der Waals surface area (Å²) in [7, 11) is 1.90. The van der Waals surface area contributed by atoms with Gasteiger partial charge in [-0.15, -0.1) is 0 Å². The first-order chi connectivity index (χ1) is 10.9. The summed E-state index contributed by atoms with van der Waals surface area (Å²) >= 11 is 0. The molecule has 0 spiro atoms. The number of amides is 1. The number of benzene rings is 2. The van der Waals surface area contributed by atoms with E-state index in [1.807, 2.05) is 60.1 Å². The van der Waals surface area contributed by atoms with Crippen molar-refractivity contribution >= 4 is 22.9 Å². The zero-order chi connectivity index (χ0) is 16.6. The number of imidazole rings is 1. The standard InChI is InChI=1S/C19H21N3O/c1-19(2,3)14-9-7-8-13(12-14)17(23)21-18-20-15-10-5-6-11-16(15)22(18)4/h5-12H,1-4H3,(H,20,21,23). The van der Waals surface area contributed by atoms with Crippen molar-refractivity contribution in [2.75, 3.05) is 5.32 Å². The predicted molar refractivity (Wildman–Crippen MR) is 93.8 cm³/mol. The van der Waals surface area contributed by atoms with Crippen LogP contribution in [0.3, 0.4) is 0 Å². The highest BCUT2D eigenvalue weighted by molar-refractivity contribution is 6.04. The SMILES string of the molecule is Cn1c(NC(=O)c2cccc(C(C)(C)C)c2)nc2ccccc21. The molecule has 1 N–H and O–H groups in total. The summed E-state index contributed by atoms with van der Waals surface area (Å²) in [5, 5.41) is 2.91. The molecule has 0 radical (unpaired) electrons. The lowest BCUT2D eigenvalue weighted by Crippen LogP contribution is -2.17. The lowest BCUT2D eigenvalue weighted by Gasteiger charge is -2.19. The average Bonchev–Trinajstić information content (AvgIpc) is 2.83. The number of aromatic nitrogens is 2. The average molecular weight is 307 g/mol. The molecule has 1 heterocycles. The second kappa shape index (κ2) is 5.54. The fourth-order valence-electron chi connectivity index (χ4n) is 2.56. The van der Waals surface area contributed by atoms with Crippen LogP contribution in [0.4, 0.5) is 5.95 Å². The smallest absolute Gasteiger partial charge is 0.257 e. The molecule has 4 heteroatoms. The Morgan fingerprint density at radius 3 is 2.52 bits per heavy atom. The van der Waals surface area contributed by atoms with E-state index in [1.165, 1.54) is 0 Å². The first-order valence-corrected chi connectivity index (χ1v) is 7.69.